The Labute approximate surface area is 168 Å². The number of esters is 1. The van der Waals surface area contributed by atoms with Crippen LogP contribution in [-0.4, -0.2) is 41.5 Å². The SMILES string of the molecule is CCCCCC(=O)/C=C/[C@H]1[C@H](CO)CC(=NO)[C@@H]1C/C=C\CCCC(=O)OC. The molecule has 0 saturated heterocycles. The monoisotopic (exact) mass is 393 g/mol. The summed E-state index contributed by atoms with van der Waals surface area (Å²) in [5, 5.41) is 22.5. The van der Waals surface area contributed by atoms with Crippen LogP contribution in [0.25, 0.3) is 0 Å². The molecule has 1 aliphatic carbocycles. The molecule has 6 nitrogen and oxygen atoms in total. The predicted octanol–water partition coefficient (Wildman–Crippen LogP) is 4.06. The van der Waals surface area contributed by atoms with E-state index in [9.17, 15) is 19.9 Å². The third-order valence-electron chi connectivity index (χ3n) is 5.34. The van der Waals surface area contributed by atoms with Gasteiger partial charge in [-0.15, -0.1) is 0 Å². The summed E-state index contributed by atoms with van der Waals surface area (Å²) in [6.45, 7) is 2.10. The minimum absolute atomic E-state index is 0.00258. The molecule has 28 heavy (non-hydrogen) atoms. The molecule has 3 atom stereocenters. The van der Waals surface area contributed by atoms with Crippen molar-refractivity contribution in [3.05, 3.63) is 24.3 Å². The number of unbranched alkanes of at least 4 members (excludes halogenated alkanes) is 3. The maximum atomic E-state index is 12.1. The van der Waals surface area contributed by atoms with Crippen LogP contribution in [0.15, 0.2) is 29.5 Å². The number of methoxy groups -OCH3 is 1. The standard InChI is InChI=1S/C22H35NO5/c1-3-4-7-10-18(25)13-14-19-17(16-24)15-21(23-27)20(19)11-8-5-6-9-12-22(26)28-2/h5,8,13-14,17,19-20,24,27H,3-4,6-7,9-12,15-16H2,1-2H3/b8-5-,14-13+,23-21?/t17-,19-,20+/m0/s1. The van der Waals surface area contributed by atoms with Gasteiger partial charge in [0.2, 0.25) is 0 Å². The van der Waals surface area contributed by atoms with Crippen molar-refractivity contribution in [1.29, 1.82) is 0 Å². The quantitative estimate of drug-likeness (QED) is 0.123. The largest absolute Gasteiger partial charge is 0.469 e. The van der Waals surface area contributed by atoms with Gasteiger partial charge in [0, 0.05) is 25.4 Å². The van der Waals surface area contributed by atoms with E-state index in [1.807, 2.05) is 18.2 Å². The molecular weight excluding hydrogens is 358 g/mol. The number of aliphatic hydroxyl groups excluding tert-OH is 1. The van der Waals surface area contributed by atoms with Crippen LogP contribution in [0.3, 0.4) is 0 Å². The molecule has 0 aromatic heterocycles. The first-order valence-corrected chi connectivity index (χ1v) is 10.3. The van der Waals surface area contributed by atoms with Gasteiger partial charge in [0.25, 0.3) is 0 Å². The van der Waals surface area contributed by atoms with Crippen LogP contribution < -0.4 is 0 Å². The maximum Gasteiger partial charge on any atom is 0.305 e. The molecule has 1 aliphatic rings. The van der Waals surface area contributed by atoms with Crippen molar-refractivity contribution in [3.63, 3.8) is 0 Å². The van der Waals surface area contributed by atoms with Gasteiger partial charge in [-0.05, 0) is 50.0 Å². The summed E-state index contributed by atoms with van der Waals surface area (Å²) in [5.74, 6) is -0.192. The number of ketones is 1. The summed E-state index contributed by atoms with van der Waals surface area (Å²) < 4.78 is 4.62. The average Bonchev–Trinajstić information content (AvgIpc) is 3.05. The Balaban J connectivity index is 2.64. The maximum absolute atomic E-state index is 12.1. The molecule has 0 aliphatic heterocycles. The first kappa shape index (κ1) is 24.1. The van der Waals surface area contributed by atoms with Gasteiger partial charge >= 0.3 is 5.97 Å². The number of allylic oxidation sites excluding steroid dienone is 4. The molecule has 0 bridgehead atoms. The topological polar surface area (TPSA) is 96.2 Å². The predicted molar refractivity (Wildman–Crippen MR) is 109 cm³/mol. The normalized spacial score (nSPS) is 23.8. The van der Waals surface area contributed by atoms with Crippen LogP contribution in [-0.2, 0) is 14.3 Å². The third kappa shape index (κ3) is 8.38. The molecule has 6 heteroatoms. The highest BCUT2D eigenvalue weighted by atomic mass is 16.5. The molecule has 0 aromatic rings. The summed E-state index contributed by atoms with van der Waals surface area (Å²) in [5.41, 5.74) is 0.673. The fourth-order valence-electron chi connectivity index (χ4n) is 3.67. The number of nitrogens with zero attached hydrogens (tertiary/aromatic N) is 1. The fraction of sp³-hybridized carbons (Fsp3) is 0.682. The van der Waals surface area contributed by atoms with Gasteiger partial charge in [0.15, 0.2) is 5.78 Å². The lowest BCUT2D eigenvalue weighted by atomic mass is 9.86. The van der Waals surface area contributed by atoms with Crippen LogP contribution in [0.5, 0.6) is 0 Å². The lowest BCUT2D eigenvalue weighted by Gasteiger charge is -2.18. The molecule has 0 heterocycles. The summed E-state index contributed by atoms with van der Waals surface area (Å²) in [7, 11) is 1.38. The molecule has 1 rings (SSSR count). The van der Waals surface area contributed by atoms with Gasteiger partial charge in [-0.1, -0.05) is 43.1 Å². The van der Waals surface area contributed by atoms with Gasteiger partial charge in [-0.3, -0.25) is 9.59 Å². The van der Waals surface area contributed by atoms with Gasteiger partial charge in [-0.2, -0.15) is 0 Å². The van der Waals surface area contributed by atoms with Gasteiger partial charge in [0.05, 0.1) is 12.8 Å². The molecule has 0 radical (unpaired) electrons. The molecule has 2 N–H and O–H groups in total. The number of carbonyl (C=O) groups is 2. The van der Waals surface area contributed by atoms with E-state index in [2.05, 4.69) is 16.8 Å². The minimum atomic E-state index is -0.210. The van der Waals surface area contributed by atoms with Crippen LogP contribution in [0, 0.1) is 17.8 Å². The van der Waals surface area contributed by atoms with E-state index < -0.39 is 0 Å². The second kappa shape index (κ2) is 14.1. The Morgan fingerprint density at radius 3 is 2.64 bits per heavy atom. The molecule has 0 unspecified atom stereocenters. The number of hydrogen-bond donors (Lipinski definition) is 2. The Bertz CT molecular complexity index is 567. The average molecular weight is 394 g/mol. The van der Waals surface area contributed by atoms with Crippen molar-refractivity contribution in [2.75, 3.05) is 13.7 Å². The van der Waals surface area contributed by atoms with Crippen molar-refractivity contribution in [2.45, 2.75) is 64.7 Å². The van der Waals surface area contributed by atoms with E-state index in [1.54, 1.807) is 6.08 Å². The zero-order valence-electron chi connectivity index (χ0n) is 17.2. The van der Waals surface area contributed by atoms with Crippen LogP contribution >= 0.6 is 0 Å². The second-order valence-electron chi connectivity index (χ2n) is 7.38. The number of rotatable bonds is 13. The lowest BCUT2D eigenvalue weighted by Crippen LogP contribution is -2.17. The van der Waals surface area contributed by atoms with Crippen molar-refractivity contribution in [3.8, 4) is 0 Å². The van der Waals surface area contributed by atoms with Gasteiger partial charge in [-0.25, -0.2) is 0 Å². The molecule has 0 amide bonds. The summed E-state index contributed by atoms with van der Waals surface area (Å²) in [6, 6.07) is 0. The zero-order chi connectivity index (χ0) is 20.8. The number of ether oxygens (including phenoxy) is 1. The third-order valence-corrected chi connectivity index (χ3v) is 5.34. The summed E-state index contributed by atoms with van der Waals surface area (Å²) >= 11 is 0. The van der Waals surface area contributed by atoms with E-state index >= 15 is 0 Å². The van der Waals surface area contributed by atoms with E-state index in [-0.39, 0.29) is 36.1 Å². The number of oxime groups is 1. The highest BCUT2D eigenvalue weighted by Crippen LogP contribution is 2.38. The highest BCUT2D eigenvalue weighted by molar-refractivity contribution is 5.91. The molecule has 0 aromatic carbocycles. The highest BCUT2D eigenvalue weighted by Gasteiger charge is 2.38. The molecule has 0 spiro atoms. The molecule has 158 valence electrons. The second-order valence-corrected chi connectivity index (χ2v) is 7.38. The van der Waals surface area contributed by atoms with E-state index in [0.29, 0.717) is 31.4 Å². The van der Waals surface area contributed by atoms with Crippen LogP contribution in [0.2, 0.25) is 0 Å². The van der Waals surface area contributed by atoms with E-state index in [0.717, 1.165) is 32.1 Å². The Kier molecular flexibility index (Phi) is 12.1. The number of aliphatic hydroxyl groups is 1. The van der Waals surface area contributed by atoms with Crippen molar-refractivity contribution in [1.82, 2.24) is 0 Å². The Morgan fingerprint density at radius 2 is 2.00 bits per heavy atom. The Morgan fingerprint density at radius 1 is 1.21 bits per heavy atom. The molecule has 1 fully saturated rings. The van der Waals surface area contributed by atoms with Gasteiger partial charge < -0.3 is 15.1 Å². The number of hydrogen-bond acceptors (Lipinski definition) is 6. The lowest BCUT2D eigenvalue weighted by molar-refractivity contribution is -0.140. The molecular formula is C22H35NO5. The smallest absolute Gasteiger partial charge is 0.305 e. The van der Waals surface area contributed by atoms with Crippen LogP contribution in [0.1, 0.15) is 64.7 Å². The first-order chi connectivity index (χ1) is 13.6. The Hall–Kier alpha value is -1.95. The van der Waals surface area contributed by atoms with E-state index in [4.69, 9.17) is 0 Å². The van der Waals surface area contributed by atoms with Gasteiger partial charge in [0.1, 0.15) is 0 Å². The van der Waals surface area contributed by atoms with E-state index in [1.165, 1.54) is 7.11 Å². The first-order valence-electron chi connectivity index (χ1n) is 10.3. The number of carbonyl (C=O) groups excluding carboxylic acids is 2. The van der Waals surface area contributed by atoms with Crippen LogP contribution in [0.4, 0.5) is 0 Å². The van der Waals surface area contributed by atoms with Crippen molar-refractivity contribution >= 4 is 17.5 Å². The summed E-state index contributed by atoms with van der Waals surface area (Å²) in [6.07, 6.45) is 14.2. The molecule has 1 saturated carbocycles. The zero-order valence-corrected chi connectivity index (χ0v) is 17.2. The van der Waals surface area contributed by atoms with Crippen molar-refractivity contribution < 1.29 is 24.6 Å². The summed E-state index contributed by atoms with van der Waals surface area (Å²) in [4.78, 5) is 23.2. The minimum Gasteiger partial charge on any atom is -0.469 e. The fourth-order valence-corrected chi connectivity index (χ4v) is 3.67. The van der Waals surface area contributed by atoms with Crippen molar-refractivity contribution in [2.24, 2.45) is 22.9 Å².